The van der Waals surface area contributed by atoms with Crippen LogP contribution >= 0.6 is 7.80 Å². The predicted octanol–water partition coefficient (Wildman–Crippen LogP) is 3.41. The average Bonchev–Trinajstić information content (AvgIpc) is 1.84. The van der Waals surface area contributed by atoms with E-state index in [0.29, 0.717) is 0 Å². The molecule has 0 N–H and O–H groups in total. The Labute approximate surface area is 70.4 Å². The standard InChI is InChI=1S/C9H18OP/c1-7(2)8(3,4)11(10)9(7,5)6/h1-6H3/q+1. The van der Waals surface area contributed by atoms with Crippen molar-refractivity contribution in [2.45, 2.75) is 51.9 Å². The van der Waals surface area contributed by atoms with E-state index in [9.17, 15) is 4.57 Å². The van der Waals surface area contributed by atoms with Gasteiger partial charge in [-0.25, -0.2) is 0 Å². The van der Waals surface area contributed by atoms with E-state index >= 15 is 0 Å². The van der Waals surface area contributed by atoms with Crippen LogP contribution in [0, 0.1) is 5.41 Å². The van der Waals surface area contributed by atoms with Crippen molar-refractivity contribution < 1.29 is 4.57 Å². The average molecular weight is 173 g/mol. The van der Waals surface area contributed by atoms with E-state index in [4.69, 9.17) is 0 Å². The lowest BCUT2D eigenvalue weighted by Crippen LogP contribution is -2.61. The largest absolute Gasteiger partial charge is 0.351 e. The third-order valence-electron chi connectivity index (χ3n) is 4.07. The van der Waals surface area contributed by atoms with Crippen LogP contribution in [0.2, 0.25) is 0 Å². The molecule has 0 bridgehead atoms. The summed E-state index contributed by atoms with van der Waals surface area (Å²) in [7, 11) is -1.04. The molecule has 0 unspecified atom stereocenters. The molecule has 0 radical (unpaired) electrons. The molecule has 64 valence electrons. The van der Waals surface area contributed by atoms with Gasteiger partial charge in [0, 0.05) is 0 Å². The Morgan fingerprint density at radius 2 is 1.09 bits per heavy atom. The smallest absolute Gasteiger partial charge is 0.0735 e. The van der Waals surface area contributed by atoms with Gasteiger partial charge in [-0.1, -0.05) is 18.4 Å². The highest BCUT2D eigenvalue weighted by molar-refractivity contribution is 7.50. The van der Waals surface area contributed by atoms with Gasteiger partial charge in [0.15, 0.2) is 10.3 Å². The van der Waals surface area contributed by atoms with Crippen LogP contribution in [-0.2, 0) is 4.57 Å². The minimum absolute atomic E-state index is 0.0197. The van der Waals surface area contributed by atoms with Crippen molar-refractivity contribution in [3.8, 4) is 0 Å². The second-order valence-electron chi connectivity index (χ2n) is 5.04. The van der Waals surface area contributed by atoms with Crippen molar-refractivity contribution in [1.82, 2.24) is 0 Å². The third kappa shape index (κ3) is 0.731. The second kappa shape index (κ2) is 1.88. The van der Waals surface area contributed by atoms with Gasteiger partial charge >= 0.3 is 7.80 Å². The molecule has 0 aromatic rings. The van der Waals surface area contributed by atoms with Crippen LogP contribution in [0.1, 0.15) is 41.5 Å². The molecule has 1 heterocycles. The molecule has 1 nitrogen and oxygen atoms in total. The minimum atomic E-state index is -1.04. The van der Waals surface area contributed by atoms with Crippen LogP contribution in [0.4, 0.5) is 0 Å². The summed E-state index contributed by atoms with van der Waals surface area (Å²) in [4.78, 5) is 0. The highest BCUT2D eigenvalue weighted by atomic mass is 31.1. The lowest BCUT2D eigenvalue weighted by atomic mass is 9.69. The van der Waals surface area contributed by atoms with Crippen LogP contribution in [0.5, 0.6) is 0 Å². The van der Waals surface area contributed by atoms with E-state index in [1.165, 1.54) is 0 Å². The summed E-state index contributed by atoms with van der Waals surface area (Å²) in [5, 5.41) is 0.0394. The maximum absolute atomic E-state index is 11.8. The van der Waals surface area contributed by atoms with Crippen molar-refractivity contribution >= 4 is 7.80 Å². The zero-order valence-electron chi connectivity index (χ0n) is 8.36. The predicted molar refractivity (Wildman–Crippen MR) is 49.5 cm³/mol. The first kappa shape index (κ1) is 9.19. The number of hydrogen-bond acceptors (Lipinski definition) is 1. The molecule has 1 aliphatic heterocycles. The molecule has 0 saturated carbocycles. The summed E-state index contributed by atoms with van der Waals surface area (Å²) < 4.78 is 11.8. The quantitative estimate of drug-likeness (QED) is 0.513. The number of hydrogen-bond donors (Lipinski definition) is 0. The molecule has 1 rings (SSSR count). The van der Waals surface area contributed by atoms with E-state index in [1.54, 1.807) is 0 Å². The molecule has 0 atom stereocenters. The Bertz CT molecular complexity index is 194. The SMILES string of the molecule is CC1(C)[P+](=O)C(C)(C)C1(C)C. The lowest BCUT2D eigenvalue weighted by Gasteiger charge is -2.51. The fourth-order valence-corrected chi connectivity index (χ4v) is 4.71. The molecule has 0 aromatic heterocycles. The van der Waals surface area contributed by atoms with Crippen molar-refractivity contribution in [3.05, 3.63) is 0 Å². The Morgan fingerprint density at radius 3 is 1.18 bits per heavy atom. The highest BCUT2D eigenvalue weighted by Crippen LogP contribution is 2.75. The zero-order chi connectivity index (χ0) is 9.08. The molecular formula is C9H18OP+. The third-order valence-corrected chi connectivity index (χ3v) is 7.22. The summed E-state index contributed by atoms with van der Waals surface area (Å²) in [5.74, 6) is 0. The maximum atomic E-state index is 11.8. The first-order valence-electron chi connectivity index (χ1n) is 4.13. The van der Waals surface area contributed by atoms with Gasteiger partial charge in [0.2, 0.25) is 0 Å². The molecule has 1 fully saturated rings. The van der Waals surface area contributed by atoms with Crippen molar-refractivity contribution in [2.75, 3.05) is 0 Å². The van der Waals surface area contributed by atoms with Gasteiger partial charge in [-0.3, -0.25) is 0 Å². The second-order valence-corrected chi connectivity index (χ2v) is 7.86. The maximum Gasteiger partial charge on any atom is 0.351 e. The van der Waals surface area contributed by atoms with Crippen LogP contribution in [0.3, 0.4) is 0 Å². The highest BCUT2D eigenvalue weighted by Gasteiger charge is 2.78. The Balaban J connectivity index is 3.08. The van der Waals surface area contributed by atoms with Crippen LogP contribution in [0.15, 0.2) is 0 Å². The lowest BCUT2D eigenvalue weighted by molar-refractivity contribution is 0.149. The fourth-order valence-electron chi connectivity index (χ4n) is 1.90. The molecule has 0 amide bonds. The van der Waals surface area contributed by atoms with Crippen LogP contribution in [-0.4, -0.2) is 10.3 Å². The van der Waals surface area contributed by atoms with Gasteiger partial charge in [-0.05, 0) is 27.7 Å². The first-order chi connectivity index (χ1) is 4.65. The molecule has 0 aromatic carbocycles. The fraction of sp³-hybridized carbons (Fsp3) is 1.00. The Morgan fingerprint density at radius 1 is 0.818 bits per heavy atom. The van der Waals surface area contributed by atoms with Crippen LogP contribution in [0.25, 0.3) is 0 Å². The van der Waals surface area contributed by atoms with Gasteiger partial charge in [0.25, 0.3) is 0 Å². The van der Waals surface area contributed by atoms with Crippen molar-refractivity contribution in [1.29, 1.82) is 0 Å². The van der Waals surface area contributed by atoms with E-state index in [0.717, 1.165) is 0 Å². The molecule has 1 aliphatic rings. The van der Waals surface area contributed by atoms with Gasteiger partial charge < -0.3 is 0 Å². The van der Waals surface area contributed by atoms with Gasteiger partial charge in [0.05, 0.1) is 5.41 Å². The summed E-state index contributed by atoms with van der Waals surface area (Å²) in [5.41, 5.74) is 0.202. The summed E-state index contributed by atoms with van der Waals surface area (Å²) >= 11 is 0. The first-order valence-corrected chi connectivity index (χ1v) is 5.39. The Hall–Kier alpha value is 0.100. The molecule has 2 heteroatoms. The van der Waals surface area contributed by atoms with Gasteiger partial charge in [-0.2, -0.15) is 0 Å². The van der Waals surface area contributed by atoms with E-state index in [2.05, 4.69) is 41.5 Å². The van der Waals surface area contributed by atoms with Gasteiger partial charge in [-0.15, -0.1) is 0 Å². The normalized spacial score (nSPS) is 31.3. The van der Waals surface area contributed by atoms with E-state index < -0.39 is 7.80 Å². The summed E-state index contributed by atoms with van der Waals surface area (Å²) in [6, 6.07) is 0. The molecule has 11 heavy (non-hydrogen) atoms. The molecule has 1 saturated heterocycles. The van der Waals surface area contributed by atoms with Crippen LogP contribution < -0.4 is 0 Å². The Kier molecular flexibility index (Phi) is 1.57. The molecule has 0 spiro atoms. The van der Waals surface area contributed by atoms with E-state index in [1.807, 2.05) is 0 Å². The number of rotatable bonds is 0. The van der Waals surface area contributed by atoms with Gasteiger partial charge in [0.1, 0.15) is 0 Å². The van der Waals surface area contributed by atoms with E-state index in [-0.39, 0.29) is 15.7 Å². The summed E-state index contributed by atoms with van der Waals surface area (Å²) in [6.07, 6.45) is 0. The minimum Gasteiger partial charge on any atom is -0.0735 e. The monoisotopic (exact) mass is 173 g/mol. The topological polar surface area (TPSA) is 17.1 Å². The molecule has 0 aliphatic carbocycles. The van der Waals surface area contributed by atoms with Crippen molar-refractivity contribution in [3.63, 3.8) is 0 Å². The summed E-state index contributed by atoms with van der Waals surface area (Å²) in [6.45, 7) is 12.9. The zero-order valence-corrected chi connectivity index (χ0v) is 9.25. The van der Waals surface area contributed by atoms with Crippen molar-refractivity contribution in [2.24, 2.45) is 5.41 Å². The molecular weight excluding hydrogens is 155 g/mol.